The van der Waals surface area contributed by atoms with Crippen LogP contribution < -0.4 is 15.4 Å². The van der Waals surface area contributed by atoms with E-state index in [2.05, 4.69) is 16.1 Å². The van der Waals surface area contributed by atoms with Gasteiger partial charge in [0.15, 0.2) is 0 Å². The molecule has 4 amide bonds. The van der Waals surface area contributed by atoms with Crippen molar-refractivity contribution in [3.05, 3.63) is 64.7 Å². The fraction of sp³-hybridized carbons (Fsp3) is 0.360. The zero-order valence-electron chi connectivity index (χ0n) is 20.0. The monoisotopic (exact) mass is 509 g/mol. The first kappa shape index (κ1) is 25.2. The lowest BCUT2D eigenvalue weighted by atomic mass is 9.89. The van der Waals surface area contributed by atoms with Crippen LogP contribution in [0.4, 0.5) is 10.5 Å². The number of piperidine rings is 1. The van der Waals surface area contributed by atoms with Gasteiger partial charge in [0, 0.05) is 18.7 Å². The highest BCUT2D eigenvalue weighted by atomic mass is 32.2. The normalized spacial score (nSPS) is 20.4. The maximum atomic E-state index is 13.2. The number of urea groups is 1. The second-order valence-corrected chi connectivity index (χ2v) is 11.2. The van der Waals surface area contributed by atoms with Crippen molar-refractivity contribution < 1.29 is 22.8 Å². The minimum absolute atomic E-state index is 0.192. The van der Waals surface area contributed by atoms with Gasteiger partial charge in [0.1, 0.15) is 11.3 Å². The molecule has 2 saturated heterocycles. The largest absolute Gasteiger partial charge is 0.339 e. The van der Waals surface area contributed by atoms with Crippen LogP contribution in [-0.4, -0.2) is 55.5 Å². The Labute approximate surface area is 209 Å². The Kier molecular flexibility index (Phi) is 6.73. The number of hydrogen-bond acceptors (Lipinski definition) is 6. The van der Waals surface area contributed by atoms with E-state index in [9.17, 15) is 22.8 Å². The van der Waals surface area contributed by atoms with Crippen molar-refractivity contribution in [3.63, 3.8) is 0 Å². The molecule has 188 valence electrons. The van der Waals surface area contributed by atoms with Gasteiger partial charge in [0.2, 0.25) is 10.0 Å². The molecule has 36 heavy (non-hydrogen) atoms. The Hall–Kier alpha value is -3.91. The number of carbonyl (C=O) groups excluding carboxylic acids is 3. The molecule has 2 aromatic rings. The average molecular weight is 510 g/mol. The summed E-state index contributed by atoms with van der Waals surface area (Å²) in [4.78, 5) is 38.4. The zero-order valence-corrected chi connectivity index (χ0v) is 20.8. The second kappa shape index (κ2) is 9.62. The number of nitriles is 1. The Morgan fingerprint density at radius 1 is 1.17 bits per heavy atom. The third-order valence-electron chi connectivity index (χ3n) is 6.64. The number of imide groups is 1. The average Bonchev–Trinajstić information content (AvgIpc) is 3.09. The van der Waals surface area contributed by atoms with E-state index in [1.165, 1.54) is 13.0 Å². The third kappa shape index (κ3) is 5.33. The summed E-state index contributed by atoms with van der Waals surface area (Å²) in [6.07, 6.45) is 1.57. The standard InChI is InChI=1S/C25H27N5O5S/c1-16-3-6-20(13-21(16)29-36(34,35)15-25(2)23(32)27-24(33)28-25)22(31)30-11-9-19(10-12-30)18-7-4-17(14-26)5-8-18/h3-8,13,19,29H,9-12,15H2,1-2H3,(H2,27,28,32,33)/t25-/m0/s1. The second-order valence-electron chi connectivity index (χ2n) is 9.43. The molecule has 10 nitrogen and oxygen atoms in total. The van der Waals surface area contributed by atoms with E-state index in [4.69, 9.17) is 5.26 Å². The number of nitrogens with one attached hydrogen (secondary N) is 3. The molecule has 3 N–H and O–H groups in total. The number of anilines is 1. The van der Waals surface area contributed by atoms with Crippen molar-refractivity contribution >= 4 is 33.6 Å². The lowest BCUT2D eigenvalue weighted by molar-refractivity contribution is -0.122. The van der Waals surface area contributed by atoms with E-state index in [0.717, 1.165) is 18.4 Å². The van der Waals surface area contributed by atoms with E-state index in [1.54, 1.807) is 36.1 Å². The van der Waals surface area contributed by atoms with Crippen molar-refractivity contribution in [2.24, 2.45) is 0 Å². The van der Waals surface area contributed by atoms with E-state index in [-0.39, 0.29) is 11.6 Å². The minimum Gasteiger partial charge on any atom is -0.339 e. The van der Waals surface area contributed by atoms with Gasteiger partial charge in [0.25, 0.3) is 11.8 Å². The fourth-order valence-corrected chi connectivity index (χ4v) is 6.15. The van der Waals surface area contributed by atoms with Gasteiger partial charge in [-0.2, -0.15) is 5.26 Å². The molecular weight excluding hydrogens is 482 g/mol. The summed E-state index contributed by atoms with van der Waals surface area (Å²) < 4.78 is 28.1. The van der Waals surface area contributed by atoms with Crippen LogP contribution in [-0.2, 0) is 14.8 Å². The highest BCUT2D eigenvalue weighted by Crippen LogP contribution is 2.29. The molecule has 2 heterocycles. The molecule has 11 heteroatoms. The molecule has 0 bridgehead atoms. The van der Waals surface area contributed by atoms with Gasteiger partial charge in [0.05, 0.1) is 17.3 Å². The first-order valence-corrected chi connectivity index (χ1v) is 13.2. The Morgan fingerprint density at radius 3 is 2.42 bits per heavy atom. The number of carbonyl (C=O) groups is 3. The van der Waals surface area contributed by atoms with E-state index < -0.39 is 33.3 Å². The van der Waals surface area contributed by atoms with Gasteiger partial charge in [-0.15, -0.1) is 0 Å². The SMILES string of the molecule is Cc1ccc(C(=O)N2CCC(c3ccc(C#N)cc3)CC2)cc1NS(=O)(=O)C[C@]1(C)NC(=O)NC1=O. The maximum absolute atomic E-state index is 13.2. The summed E-state index contributed by atoms with van der Waals surface area (Å²) in [6, 6.07) is 13.7. The predicted molar refractivity (Wildman–Crippen MR) is 133 cm³/mol. The number of likely N-dealkylation sites (tertiary alicyclic amines) is 1. The number of benzene rings is 2. The predicted octanol–water partition coefficient (Wildman–Crippen LogP) is 2.23. The molecular formula is C25H27N5O5S. The zero-order chi connectivity index (χ0) is 26.1. The minimum atomic E-state index is -4.04. The smallest absolute Gasteiger partial charge is 0.322 e. The lowest BCUT2D eigenvalue weighted by Gasteiger charge is -2.32. The van der Waals surface area contributed by atoms with Crippen molar-refractivity contribution in [1.29, 1.82) is 5.26 Å². The molecule has 2 fully saturated rings. The van der Waals surface area contributed by atoms with Crippen molar-refractivity contribution in [2.45, 2.75) is 38.1 Å². The summed E-state index contributed by atoms with van der Waals surface area (Å²) in [5.74, 6) is -1.26. The Bertz CT molecular complexity index is 1360. The van der Waals surface area contributed by atoms with Crippen LogP contribution >= 0.6 is 0 Å². The summed E-state index contributed by atoms with van der Waals surface area (Å²) in [7, 11) is -4.04. The topological polar surface area (TPSA) is 148 Å². The molecule has 0 unspecified atom stereocenters. The third-order valence-corrected chi connectivity index (χ3v) is 8.13. The molecule has 2 aromatic carbocycles. The summed E-state index contributed by atoms with van der Waals surface area (Å²) >= 11 is 0. The van der Waals surface area contributed by atoms with Crippen molar-refractivity contribution in [3.8, 4) is 6.07 Å². The number of rotatable bonds is 6. The van der Waals surface area contributed by atoms with Crippen LogP contribution in [0.1, 0.15) is 52.7 Å². The molecule has 4 rings (SSSR count). The number of aryl methyl sites for hydroxylation is 1. The van der Waals surface area contributed by atoms with Crippen LogP contribution in [0.15, 0.2) is 42.5 Å². The van der Waals surface area contributed by atoms with E-state index in [0.29, 0.717) is 35.7 Å². The quantitative estimate of drug-likeness (QED) is 0.509. The first-order chi connectivity index (χ1) is 17.0. The van der Waals surface area contributed by atoms with E-state index >= 15 is 0 Å². The number of nitrogens with zero attached hydrogens (tertiary/aromatic N) is 2. The fourth-order valence-electron chi connectivity index (χ4n) is 4.56. The molecule has 1 atom stereocenters. The van der Waals surface area contributed by atoms with Gasteiger partial charge >= 0.3 is 6.03 Å². The van der Waals surface area contributed by atoms with Crippen LogP contribution in [0.25, 0.3) is 0 Å². The van der Waals surface area contributed by atoms with Crippen LogP contribution in [0.2, 0.25) is 0 Å². The van der Waals surface area contributed by atoms with Crippen molar-refractivity contribution in [2.75, 3.05) is 23.6 Å². The first-order valence-electron chi connectivity index (χ1n) is 11.5. The van der Waals surface area contributed by atoms with Gasteiger partial charge in [-0.05, 0) is 68.0 Å². The van der Waals surface area contributed by atoms with E-state index in [1.807, 2.05) is 17.4 Å². The number of hydrogen-bond donors (Lipinski definition) is 3. The van der Waals surface area contributed by atoms with Crippen molar-refractivity contribution in [1.82, 2.24) is 15.5 Å². The van der Waals surface area contributed by atoms with Gasteiger partial charge in [-0.3, -0.25) is 19.6 Å². The van der Waals surface area contributed by atoms with Crippen LogP contribution in [0, 0.1) is 18.3 Å². The molecule has 0 saturated carbocycles. The summed E-state index contributed by atoms with van der Waals surface area (Å²) in [5.41, 5.74) is 1.37. The number of sulfonamides is 1. The van der Waals surface area contributed by atoms with Crippen LogP contribution in [0.5, 0.6) is 0 Å². The molecule has 0 aliphatic carbocycles. The molecule has 0 radical (unpaired) electrons. The van der Waals surface area contributed by atoms with Gasteiger partial charge in [-0.25, -0.2) is 13.2 Å². The lowest BCUT2D eigenvalue weighted by Crippen LogP contribution is -2.50. The Morgan fingerprint density at radius 2 is 1.83 bits per heavy atom. The molecule has 0 spiro atoms. The molecule has 0 aromatic heterocycles. The molecule has 2 aliphatic rings. The summed E-state index contributed by atoms with van der Waals surface area (Å²) in [5, 5.41) is 13.4. The Balaban J connectivity index is 1.42. The summed E-state index contributed by atoms with van der Waals surface area (Å²) in [6.45, 7) is 4.17. The van der Waals surface area contributed by atoms with Gasteiger partial charge < -0.3 is 10.2 Å². The van der Waals surface area contributed by atoms with Gasteiger partial charge in [-0.1, -0.05) is 18.2 Å². The highest BCUT2D eigenvalue weighted by molar-refractivity contribution is 7.92. The highest BCUT2D eigenvalue weighted by Gasteiger charge is 2.45. The number of amides is 4. The van der Waals surface area contributed by atoms with Crippen LogP contribution in [0.3, 0.4) is 0 Å². The molecule has 2 aliphatic heterocycles. The maximum Gasteiger partial charge on any atom is 0.322 e.